The molecule has 180 valence electrons. The molecule has 2 heterocycles. The number of piperidine rings is 1. The molecule has 4 aliphatic rings. The molecule has 34 heavy (non-hydrogen) atoms. The van der Waals surface area contributed by atoms with E-state index in [-0.39, 0.29) is 30.3 Å². The molecule has 1 unspecified atom stereocenters. The Labute approximate surface area is 200 Å². The fraction of sp³-hybridized carbons (Fsp3) is 0.615. The van der Waals surface area contributed by atoms with Gasteiger partial charge in [-0.05, 0) is 87.6 Å². The molecule has 2 N–H and O–H groups in total. The molecule has 3 fully saturated rings. The number of amides is 3. The van der Waals surface area contributed by atoms with Gasteiger partial charge in [-0.3, -0.25) is 19.7 Å². The van der Waals surface area contributed by atoms with Gasteiger partial charge >= 0.3 is 0 Å². The number of carbonyl (C=O) groups is 3. The monoisotopic (exact) mass is 464 g/mol. The van der Waals surface area contributed by atoms with Gasteiger partial charge in [0.15, 0.2) is 0 Å². The van der Waals surface area contributed by atoms with Crippen LogP contribution in [0.4, 0.5) is 0 Å². The summed E-state index contributed by atoms with van der Waals surface area (Å²) in [6, 6.07) is 7.68. The Kier molecular flexibility index (Phi) is 6.55. The van der Waals surface area contributed by atoms with Crippen molar-refractivity contribution >= 4 is 17.7 Å². The highest BCUT2D eigenvalue weighted by atomic mass is 16.5. The first kappa shape index (κ1) is 22.9. The summed E-state index contributed by atoms with van der Waals surface area (Å²) in [5, 5.41) is 15.2. The van der Waals surface area contributed by atoms with Crippen LogP contribution in [0.5, 0.6) is 5.75 Å². The molecule has 5 rings (SSSR count). The lowest BCUT2D eigenvalue weighted by Gasteiger charge is -2.29. The number of nitriles is 1. The van der Waals surface area contributed by atoms with Gasteiger partial charge in [-0.15, -0.1) is 0 Å². The fourth-order valence-corrected chi connectivity index (χ4v) is 5.91. The first-order valence-electron chi connectivity index (χ1n) is 12.6. The van der Waals surface area contributed by atoms with Crippen molar-refractivity contribution in [2.24, 2.45) is 11.8 Å². The highest BCUT2D eigenvalue weighted by molar-refractivity contribution is 6.05. The number of benzene rings is 1. The van der Waals surface area contributed by atoms with Crippen LogP contribution in [0.1, 0.15) is 73.7 Å². The van der Waals surface area contributed by atoms with Crippen LogP contribution in [0.25, 0.3) is 0 Å². The lowest BCUT2D eigenvalue weighted by atomic mass is 9.82. The molecule has 3 amide bonds. The van der Waals surface area contributed by atoms with Crippen LogP contribution in [-0.4, -0.2) is 47.4 Å². The van der Waals surface area contributed by atoms with E-state index in [1.807, 2.05) is 12.1 Å². The van der Waals surface area contributed by atoms with Crippen molar-refractivity contribution in [3.63, 3.8) is 0 Å². The highest BCUT2D eigenvalue weighted by Crippen LogP contribution is 2.33. The van der Waals surface area contributed by atoms with Gasteiger partial charge in [-0.2, -0.15) is 5.26 Å². The van der Waals surface area contributed by atoms with Crippen molar-refractivity contribution in [1.29, 1.82) is 5.26 Å². The van der Waals surface area contributed by atoms with Crippen molar-refractivity contribution in [2.75, 3.05) is 6.54 Å². The summed E-state index contributed by atoms with van der Waals surface area (Å²) in [6.07, 6.45) is 8.17. The number of hydrogen-bond donors (Lipinski definition) is 2. The number of carbonyl (C=O) groups excluding carboxylic acids is 3. The normalized spacial score (nSPS) is 31.2. The molecule has 2 aliphatic heterocycles. The van der Waals surface area contributed by atoms with Gasteiger partial charge < -0.3 is 15.0 Å². The van der Waals surface area contributed by atoms with Crippen LogP contribution in [0.15, 0.2) is 18.2 Å². The lowest BCUT2D eigenvalue weighted by molar-refractivity contribution is -0.136. The number of fused-ring (bicyclic) bond motifs is 1. The Hall–Kier alpha value is -2.92. The summed E-state index contributed by atoms with van der Waals surface area (Å²) in [5.41, 5.74) is 1.47. The van der Waals surface area contributed by atoms with Crippen molar-refractivity contribution in [1.82, 2.24) is 15.5 Å². The minimum atomic E-state index is -0.603. The van der Waals surface area contributed by atoms with E-state index in [0.29, 0.717) is 30.5 Å². The summed E-state index contributed by atoms with van der Waals surface area (Å²) < 4.78 is 6.38. The number of imide groups is 1. The van der Waals surface area contributed by atoms with Gasteiger partial charge in [0.1, 0.15) is 17.9 Å². The van der Waals surface area contributed by atoms with Crippen molar-refractivity contribution in [3.05, 3.63) is 29.3 Å². The predicted octanol–water partition coefficient (Wildman–Crippen LogP) is 2.67. The van der Waals surface area contributed by atoms with Gasteiger partial charge in [0.2, 0.25) is 11.8 Å². The summed E-state index contributed by atoms with van der Waals surface area (Å²) in [6.45, 7) is 1.33. The Morgan fingerprint density at radius 3 is 2.68 bits per heavy atom. The van der Waals surface area contributed by atoms with Gasteiger partial charge in [0, 0.05) is 30.5 Å². The second kappa shape index (κ2) is 9.75. The molecule has 0 aromatic heterocycles. The van der Waals surface area contributed by atoms with Crippen LogP contribution in [0, 0.1) is 23.2 Å². The quantitative estimate of drug-likeness (QED) is 0.626. The molecule has 8 nitrogen and oxygen atoms in total. The molecule has 2 saturated carbocycles. The predicted molar refractivity (Wildman–Crippen MR) is 124 cm³/mol. The van der Waals surface area contributed by atoms with Crippen molar-refractivity contribution in [2.45, 2.75) is 82.5 Å². The standard InChI is InChI=1S/C26H32N4O4/c27-13-16-4-6-17(7-5-16)14-28-21-2-1-3-23(21)34-19-8-9-20-18(12-19)15-30(26(20)33)22-10-11-24(31)29-25(22)32/h8-9,12,16-17,21-23,28H,1-7,10-11,14-15H2,(H,29,31,32)/t16?,17?,21-,22?,23-/m0/s1. The van der Waals surface area contributed by atoms with E-state index >= 15 is 0 Å². The second-order valence-electron chi connectivity index (χ2n) is 10.2. The fourth-order valence-electron chi connectivity index (χ4n) is 5.91. The van der Waals surface area contributed by atoms with Gasteiger partial charge in [-0.1, -0.05) is 0 Å². The zero-order valence-electron chi connectivity index (χ0n) is 19.4. The maximum atomic E-state index is 12.9. The summed E-state index contributed by atoms with van der Waals surface area (Å²) >= 11 is 0. The molecule has 1 saturated heterocycles. The van der Waals surface area contributed by atoms with Crippen molar-refractivity contribution < 1.29 is 19.1 Å². The number of rotatable bonds is 6. The third kappa shape index (κ3) is 4.67. The molecule has 8 heteroatoms. The first-order valence-corrected chi connectivity index (χ1v) is 12.6. The molecule has 0 radical (unpaired) electrons. The van der Waals surface area contributed by atoms with Crippen LogP contribution < -0.4 is 15.4 Å². The number of hydrogen-bond acceptors (Lipinski definition) is 6. The van der Waals surface area contributed by atoms with Crippen molar-refractivity contribution in [3.8, 4) is 11.8 Å². The van der Waals surface area contributed by atoms with E-state index in [2.05, 4.69) is 16.7 Å². The van der Waals surface area contributed by atoms with E-state index in [1.54, 1.807) is 11.0 Å². The van der Waals surface area contributed by atoms with Gasteiger partial charge in [0.05, 0.1) is 6.07 Å². The lowest BCUT2D eigenvalue weighted by Crippen LogP contribution is -2.52. The zero-order chi connectivity index (χ0) is 23.7. The molecule has 3 atom stereocenters. The molecular weight excluding hydrogens is 432 g/mol. The second-order valence-corrected chi connectivity index (χ2v) is 10.2. The molecular formula is C26H32N4O4. The van der Waals surface area contributed by atoms with E-state index in [9.17, 15) is 14.4 Å². The van der Waals surface area contributed by atoms with Gasteiger partial charge in [0.25, 0.3) is 5.91 Å². The number of nitrogens with zero attached hydrogens (tertiary/aromatic N) is 2. The third-order valence-corrected chi connectivity index (χ3v) is 7.93. The van der Waals surface area contributed by atoms with Gasteiger partial charge in [-0.25, -0.2) is 0 Å². The van der Waals surface area contributed by atoms with Crippen LogP contribution in [0.3, 0.4) is 0 Å². The topological polar surface area (TPSA) is 112 Å². The van der Waals surface area contributed by atoms with Crippen LogP contribution in [-0.2, 0) is 16.1 Å². The minimum absolute atomic E-state index is 0.0943. The largest absolute Gasteiger partial charge is 0.489 e. The molecule has 0 spiro atoms. The third-order valence-electron chi connectivity index (χ3n) is 7.93. The Balaban J connectivity index is 1.18. The number of nitrogens with one attached hydrogen (secondary N) is 2. The summed E-state index contributed by atoms with van der Waals surface area (Å²) in [7, 11) is 0. The first-order chi connectivity index (χ1) is 16.5. The van der Waals surface area contributed by atoms with Crippen LogP contribution in [0.2, 0.25) is 0 Å². The van der Waals surface area contributed by atoms with E-state index in [4.69, 9.17) is 10.00 Å². The maximum Gasteiger partial charge on any atom is 0.255 e. The Morgan fingerprint density at radius 2 is 1.91 bits per heavy atom. The SMILES string of the molecule is N#CC1CCC(CN[C@H]2CCC[C@@H]2Oc2ccc3c(c2)CN(C2CCC(=O)NC2=O)C3=O)CC1. The van der Waals surface area contributed by atoms with E-state index in [1.165, 1.54) is 0 Å². The van der Waals surface area contributed by atoms with E-state index < -0.39 is 11.9 Å². The minimum Gasteiger partial charge on any atom is -0.489 e. The summed E-state index contributed by atoms with van der Waals surface area (Å²) in [5.74, 6) is 0.782. The Bertz CT molecular complexity index is 1010. The summed E-state index contributed by atoms with van der Waals surface area (Å²) in [4.78, 5) is 38.2. The zero-order valence-corrected chi connectivity index (χ0v) is 19.4. The highest BCUT2D eigenvalue weighted by Gasteiger charge is 2.39. The van der Waals surface area contributed by atoms with Crippen LogP contribution >= 0.6 is 0 Å². The average molecular weight is 465 g/mol. The molecule has 1 aromatic rings. The van der Waals surface area contributed by atoms with E-state index in [0.717, 1.165) is 62.8 Å². The molecule has 1 aromatic carbocycles. The molecule has 2 aliphatic carbocycles. The Morgan fingerprint density at radius 1 is 1.09 bits per heavy atom. The average Bonchev–Trinajstić information content (AvgIpc) is 3.41. The maximum absolute atomic E-state index is 12.9. The number of ether oxygens (including phenoxy) is 1. The molecule has 0 bridgehead atoms. The smallest absolute Gasteiger partial charge is 0.255 e.